The zero-order valence-corrected chi connectivity index (χ0v) is 23.7. The third-order valence-electron chi connectivity index (χ3n) is 12.4. The molecule has 4 saturated carbocycles. The molecule has 40 heavy (non-hydrogen) atoms. The largest absolute Gasteiger partial charge is 0.458 e. The lowest BCUT2D eigenvalue weighted by Crippen LogP contribution is -2.75. The predicted octanol–water partition coefficient (Wildman–Crippen LogP) is 1.42. The van der Waals surface area contributed by atoms with E-state index in [-0.39, 0.29) is 42.5 Å². The molecule has 0 aromatic carbocycles. The smallest absolute Gasteiger partial charge is 0.331 e. The topological polar surface area (TPSA) is 144 Å². The van der Waals surface area contributed by atoms with Crippen LogP contribution in [0.2, 0.25) is 0 Å². The van der Waals surface area contributed by atoms with Crippen molar-refractivity contribution in [1.29, 1.82) is 0 Å². The monoisotopic (exact) mass is 562 g/mol. The summed E-state index contributed by atoms with van der Waals surface area (Å²) in [4.78, 5) is 26.1. The Morgan fingerprint density at radius 1 is 1.07 bits per heavy atom. The van der Waals surface area contributed by atoms with Crippen LogP contribution in [0, 0.1) is 28.6 Å². The number of aliphatic hydroxyl groups is 3. The molecule has 7 rings (SSSR count). The van der Waals surface area contributed by atoms with E-state index in [1.807, 2.05) is 6.92 Å². The molecule has 2 saturated heterocycles. The second-order valence-corrected chi connectivity index (χ2v) is 13.9. The van der Waals surface area contributed by atoms with Crippen molar-refractivity contribution in [1.82, 2.24) is 0 Å². The first-order chi connectivity index (χ1) is 18.9. The quantitative estimate of drug-likeness (QED) is 0.261. The molecule has 4 aliphatic carbocycles. The molecular formula is C30H42O10. The molecule has 0 unspecified atom stereocenters. The minimum absolute atomic E-state index is 0.0751. The van der Waals surface area contributed by atoms with Gasteiger partial charge >= 0.3 is 5.97 Å². The van der Waals surface area contributed by atoms with Crippen LogP contribution in [0.3, 0.4) is 0 Å². The van der Waals surface area contributed by atoms with Crippen molar-refractivity contribution in [2.75, 3.05) is 13.7 Å². The van der Waals surface area contributed by atoms with Crippen molar-refractivity contribution in [3.8, 4) is 0 Å². The van der Waals surface area contributed by atoms with E-state index in [1.54, 1.807) is 14.0 Å². The number of esters is 1. The molecule has 7 aliphatic rings. The Kier molecular flexibility index (Phi) is 6.04. The van der Waals surface area contributed by atoms with Gasteiger partial charge < -0.3 is 39.0 Å². The molecule has 1 spiro atoms. The fourth-order valence-electron chi connectivity index (χ4n) is 10.2. The lowest BCUT2D eigenvalue weighted by molar-refractivity contribution is -0.272. The summed E-state index contributed by atoms with van der Waals surface area (Å²) in [5.74, 6) is -1.51. The Morgan fingerprint density at radius 3 is 2.55 bits per heavy atom. The highest BCUT2D eigenvalue weighted by Gasteiger charge is 2.88. The highest BCUT2D eigenvalue weighted by Crippen LogP contribution is 2.76. The number of carbonyl (C=O) groups excluding carboxylic acids is 2. The maximum Gasteiger partial charge on any atom is 0.331 e. The average Bonchev–Trinajstić information content (AvgIpc) is 3.36. The Balaban J connectivity index is 1.14. The van der Waals surface area contributed by atoms with Gasteiger partial charge in [0.15, 0.2) is 12.1 Å². The van der Waals surface area contributed by atoms with Gasteiger partial charge in [-0.1, -0.05) is 13.8 Å². The van der Waals surface area contributed by atoms with Crippen molar-refractivity contribution in [2.45, 2.75) is 120 Å². The fourth-order valence-corrected chi connectivity index (χ4v) is 10.2. The van der Waals surface area contributed by atoms with Gasteiger partial charge in [-0.25, -0.2) is 4.79 Å². The summed E-state index contributed by atoms with van der Waals surface area (Å²) in [5, 5.41) is 34.6. The second-order valence-electron chi connectivity index (χ2n) is 13.9. The van der Waals surface area contributed by atoms with Crippen molar-refractivity contribution in [3.05, 3.63) is 11.6 Å². The summed E-state index contributed by atoms with van der Waals surface area (Å²) < 4.78 is 29.5. The Labute approximate surface area is 234 Å². The third-order valence-corrected chi connectivity index (χ3v) is 12.4. The number of epoxide rings is 1. The zero-order chi connectivity index (χ0) is 28.4. The number of rotatable bonds is 4. The highest BCUT2D eigenvalue weighted by molar-refractivity contribution is 5.92. The maximum atomic E-state index is 14.3. The molecule has 0 bridgehead atoms. The van der Waals surface area contributed by atoms with Crippen molar-refractivity contribution >= 4 is 11.8 Å². The molecule has 10 nitrogen and oxygen atoms in total. The van der Waals surface area contributed by atoms with Crippen LogP contribution >= 0.6 is 0 Å². The predicted molar refractivity (Wildman–Crippen MR) is 138 cm³/mol. The number of carbonyl (C=O) groups is 2. The van der Waals surface area contributed by atoms with Crippen molar-refractivity contribution in [3.63, 3.8) is 0 Å². The van der Waals surface area contributed by atoms with Crippen molar-refractivity contribution in [2.24, 2.45) is 28.6 Å². The average molecular weight is 563 g/mol. The SMILES string of the molecule is CO[C@H]1C[C@@H](O[C@H]2CC[C@@]3(C)[C@H](C2)C[C@H]2O[C@@]24[C@H]3C(=O)[C@@H](O)[C@]2(C)[C@H](C3=CC(=O)OC3)CC[C@@]24O)O[C@@H](C)[C@@H]1O. The number of ketones is 1. The Hall–Kier alpha value is -1.40. The van der Waals surface area contributed by atoms with Gasteiger partial charge in [-0.05, 0) is 68.3 Å². The number of ether oxygens (including phenoxy) is 5. The van der Waals surface area contributed by atoms with Gasteiger partial charge in [0.25, 0.3) is 0 Å². The summed E-state index contributed by atoms with van der Waals surface area (Å²) in [5.41, 5.74) is -3.32. The number of methoxy groups -OCH3 is 1. The second kappa shape index (κ2) is 8.81. The molecule has 0 radical (unpaired) electrons. The first-order valence-electron chi connectivity index (χ1n) is 14.9. The number of fused-ring (bicyclic) bond motifs is 3. The van der Waals surface area contributed by atoms with Gasteiger partial charge in [0.1, 0.15) is 30.0 Å². The first kappa shape index (κ1) is 27.4. The van der Waals surface area contributed by atoms with Crippen LogP contribution in [0.4, 0.5) is 0 Å². The molecule has 0 aromatic rings. The van der Waals surface area contributed by atoms with Crippen LogP contribution in [0.1, 0.15) is 65.7 Å². The lowest BCUT2D eigenvalue weighted by atomic mass is 9.41. The summed E-state index contributed by atoms with van der Waals surface area (Å²) in [6.07, 6.45) is 2.05. The van der Waals surface area contributed by atoms with Crippen LogP contribution < -0.4 is 0 Å². The van der Waals surface area contributed by atoms with Crippen LogP contribution in [-0.2, 0) is 33.3 Å². The third kappa shape index (κ3) is 3.30. The van der Waals surface area contributed by atoms with E-state index in [4.69, 9.17) is 23.7 Å². The molecule has 3 heterocycles. The summed E-state index contributed by atoms with van der Waals surface area (Å²) in [6, 6.07) is 0. The van der Waals surface area contributed by atoms with E-state index in [1.165, 1.54) is 6.08 Å². The van der Waals surface area contributed by atoms with E-state index in [2.05, 4.69) is 6.92 Å². The Bertz CT molecular complexity index is 1140. The van der Waals surface area contributed by atoms with Crippen molar-refractivity contribution < 1.29 is 48.6 Å². The number of hydrogen-bond acceptors (Lipinski definition) is 10. The van der Waals surface area contributed by atoms with Crippen LogP contribution in [0.15, 0.2) is 11.6 Å². The molecule has 6 fully saturated rings. The van der Waals surface area contributed by atoms with Gasteiger partial charge in [0, 0.05) is 25.0 Å². The highest BCUT2D eigenvalue weighted by atomic mass is 16.7. The standard InChI is InChI=1S/C30H42O10/c1-14-23(32)19(36-4)12-22(38-14)39-17-5-7-27(2)16(10-17)11-20-30(40-20)25(27)24(33)26(34)28(3)18(6-8-29(28,30)35)15-9-21(31)37-13-15/h9,14,16-20,22-23,25-26,32,34-35H,5-8,10-13H2,1-4H3/t14-,16+,17-,18-,19-,20+,22+,23-,25-,26+,27-,28-,29+,30+/m0/s1. The van der Waals surface area contributed by atoms with E-state index in [9.17, 15) is 24.9 Å². The van der Waals surface area contributed by atoms with Crippen LogP contribution in [0.25, 0.3) is 0 Å². The number of cyclic esters (lactones) is 1. The number of Topliss-reactive ketones (excluding diaryl/α,β-unsaturated/α-hetero) is 1. The molecule has 0 aromatic heterocycles. The fraction of sp³-hybridized carbons (Fsp3) is 0.867. The summed E-state index contributed by atoms with van der Waals surface area (Å²) in [7, 11) is 1.58. The summed E-state index contributed by atoms with van der Waals surface area (Å²) >= 11 is 0. The van der Waals surface area contributed by atoms with Crippen LogP contribution in [-0.4, -0.2) is 94.9 Å². The van der Waals surface area contributed by atoms with Gasteiger partial charge in [-0.3, -0.25) is 4.79 Å². The maximum absolute atomic E-state index is 14.3. The normalized spacial score (nSPS) is 56.9. The first-order valence-corrected chi connectivity index (χ1v) is 14.9. The molecule has 10 heteroatoms. The Morgan fingerprint density at radius 2 is 1.85 bits per heavy atom. The molecule has 14 atom stereocenters. The van der Waals surface area contributed by atoms with E-state index < -0.39 is 58.5 Å². The van der Waals surface area contributed by atoms with Gasteiger partial charge in [0.05, 0.1) is 30.3 Å². The number of hydrogen-bond donors (Lipinski definition) is 3. The molecular weight excluding hydrogens is 520 g/mol. The van der Waals surface area contributed by atoms with Gasteiger partial charge in [-0.2, -0.15) is 0 Å². The molecule has 0 amide bonds. The van der Waals surface area contributed by atoms with Gasteiger partial charge in [-0.15, -0.1) is 0 Å². The van der Waals surface area contributed by atoms with Crippen LogP contribution in [0.5, 0.6) is 0 Å². The van der Waals surface area contributed by atoms with E-state index >= 15 is 0 Å². The lowest BCUT2D eigenvalue weighted by Gasteiger charge is -2.62. The molecule has 3 N–H and O–H groups in total. The molecule has 3 aliphatic heterocycles. The minimum Gasteiger partial charge on any atom is -0.458 e. The summed E-state index contributed by atoms with van der Waals surface area (Å²) in [6.45, 7) is 5.87. The zero-order valence-electron chi connectivity index (χ0n) is 23.7. The van der Waals surface area contributed by atoms with Gasteiger partial charge in [0.2, 0.25) is 0 Å². The van der Waals surface area contributed by atoms with E-state index in [0.29, 0.717) is 38.5 Å². The van der Waals surface area contributed by atoms with E-state index in [0.717, 1.165) is 12.0 Å². The minimum atomic E-state index is -1.40. The molecule has 222 valence electrons. The number of aliphatic hydroxyl groups excluding tert-OH is 2.